The van der Waals surface area contributed by atoms with Gasteiger partial charge in [0.2, 0.25) is 0 Å². The summed E-state index contributed by atoms with van der Waals surface area (Å²) < 4.78 is 5.57. The third kappa shape index (κ3) is 2.52. The van der Waals surface area contributed by atoms with Crippen LogP contribution in [0.5, 0.6) is 0 Å². The number of rotatable bonds is 3. The van der Waals surface area contributed by atoms with Crippen molar-refractivity contribution in [2.24, 2.45) is 0 Å². The Hall–Kier alpha value is -1.29. The van der Waals surface area contributed by atoms with Crippen LogP contribution in [0.25, 0.3) is 0 Å². The van der Waals surface area contributed by atoms with Gasteiger partial charge < -0.3 is 9.32 Å². The molecule has 2 heterocycles. The number of piperazine rings is 1. The molecule has 0 saturated carbocycles. The minimum absolute atomic E-state index is 0.0163. The van der Waals surface area contributed by atoms with Gasteiger partial charge in [0.05, 0.1) is 0 Å². The van der Waals surface area contributed by atoms with Crippen LogP contribution in [-0.2, 0) is 0 Å². The zero-order valence-corrected chi connectivity index (χ0v) is 10.8. The van der Waals surface area contributed by atoms with Crippen molar-refractivity contribution in [3.8, 4) is 0 Å². The second-order valence-electron chi connectivity index (χ2n) is 4.68. The van der Waals surface area contributed by atoms with Crippen LogP contribution in [0.2, 0.25) is 0 Å². The van der Waals surface area contributed by atoms with Crippen LogP contribution in [0.4, 0.5) is 5.88 Å². The normalized spacial score (nSPS) is 21.8. The molecule has 0 aromatic carbocycles. The van der Waals surface area contributed by atoms with Crippen LogP contribution < -0.4 is 4.90 Å². The van der Waals surface area contributed by atoms with Gasteiger partial charge in [-0.3, -0.25) is 9.69 Å². The minimum Gasteiger partial charge on any atom is -0.437 e. The van der Waals surface area contributed by atoms with Crippen LogP contribution in [0.1, 0.15) is 30.8 Å². The number of hydrogen-bond donors (Lipinski definition) is 0. The lowest BCUT2D eigenvalue weighted by Crippen LogP contribution is -2.51. The average Bonchev–Trinajstić information content (AvgIpc) is 2.79. The van der Waals surface area contributed by atoms with Crippen molar-refractivity contribution in [3.05, 3.63) is 17.9 Å². The lowest BCUT2D eigenvalue weighted by atomic mass is 10.1. The SMILES string of the molecule is CCC1CN(c2ccc(C(C)=O)o2)CCN1C. The highest BCUT2D eigenvalue weighted by molar-refractivity contribution is 5.91. The van der Waals surface area contributed by atoms with E-state index in [2.05, 4.69) is 23.8 Å². The molecule has 0 bridgehead atoms. The van der Waals surface area contributed by atoms with Crippen LogP contribution in [0.15, 0.2) is 16.5 Å². The number of furan rings is 1. The van der Waals surface area contributed by atoms with Gasteiger partial charge in [0, 0.05) is 38.7 Å². The first-order valence-electron chi connectivity index (χ1n) is 6.17. The maximum atomic E-state index is 11.2. The van der Waals surface area contributed by atoms with Gasteiger partial charge in [0.25, 0.3) is 0 Å². The van der Waals surface area contributed by atoms with Gasteiger partial charge in [-0.15, -0.1) is 0 Å². The second-order valence-corrected chi connectivity index (χ2v) is 4.68. The van der Waals surface area contributed by atoms with Crippen molar-refractivity contribution < 1.29 is 9.21 Å². The quantitative estimate of drug-likeness (QED) is 0.752. The summed E-state index contributed by atoms with van der Waals surface area (Å²) in [6.07, 6.45) is 1.13. The summed E-state index contributed by atoms with van der Waals surface area (Å²) in [5, 5.41) is 0. The molecule has 1 atom stereocenters. The minimum atomic E-state index is -0.0163. The number of ketones is 1. The Morgan fingerprint density at radius 2 is 2.24 bits per heavy atom. The van der Waals surface area contributed by atoms with E-state index in [0.29, 0.717) is 11.8 Å². The first kappa shape index (κ1) is 12.2. The van der Waals surface area contributed by atoms with E-state index in [1.807, 2.05) is 6.07 Å². The molecule has 2 rings (SSSR count). The summed E-state index contributed by atoms with van der Waals surface area (Å²) in [5.74, 6) is 1.26. The fourth-order valence-corrected chi connectivity index (χ4v) is 2.27. The van der Waals surface area contributed by atoms with Crippen molar-refractivity contribution in [3.63, 3.8) is 0 Å². The molecule has 1 aromatic rings. The summed E-state index contributed by atoms with van der Waals surface area (Å²) in [4.78, 5) is 15.8. The zero-order chi connectivity index (χ0) is 12.4. The van der Waals surface area contributed by atoms with Gasteiger partial charge in [0.15, 0.2) is 17.4 Å². The maximum Gasteiger partial charge on any atom is 0.196 e. The van der Waals surface area contributed by atoms with Crippen molar-refractivity contribution in [2.75, 3.05) is 31.6 Å². The van der Waals surface area contributed by atoms with E-state index < -0.39 is 0 Å². The summed E-state index contributed by atoms with van der Waals surface area (Å²) in [5.41, 5.74) is 0. The third-order valence-corrected chi connectivity index (χ3v) is 3.50. The highest BCUT2D eigenvalue weighted by Gasteiger charge is 2.24. The van der Waals surface area contributed by atoms with Crippen LogP contribution in [-0.4, -0.2) is 43.4 Å². The van der Waals surface area contributed by atoms with Crippen molar-refractivity contribution >= 4 is 11.7 Å². The Kier molecular flexibility index (Phi) is 3.52. The average molecular weight is 236 g/mol. The number of carbonyl (C=O) groups is 1. The number of anilines is 1. The van der Waals surface area contributed by atoms with Gasteiger partial charge in [-0.1, -0.05) is 6.92 Å². The van der Waals surface area contributed by atoms with Crippen LogP contribution >= 0.6 is 0 Å². The highest BCUT2D eigenvalue weighted by Crippen LogP contribution is 2.22. The Bertz CT molecular complexity index is 400. The first-order chi connectivity index (χ1) is 8.11. The predicted molar refractivity (Wildman–Crippen MR) is 67.6 cm³/mol. The number of nitrogens with zero attached hydrogens (tertiary/aromatic N) is 2. The molecule has 1 saturated heterocycles. The summed E-state index contributed by atoms with van der Waals surface area (Å²) in [7, 11) is 2.16. The topological polar surface area (TPSA) is 36.7 Å². The molecule has 0 radical (unpaired) electrons. The molecule has 4 heteroatoms. The molecule has 0 aliphatic carbocycles. The molecule has 0 spiro atoms. The molecule has 1 aromatic heterocycles. The molecule has 1 fully saturated rings. The van der Waals surface area contributed by atoms with E-state index >= 15 is 0 Å². The van der Waals surface area contributed by atoms with E-state index in [9.17, 15) is 4.79 Å². The van der Waals surface area contributed by atoms with E-state index in [4.69, 9.17) is 4.42 Å². The smallest absolute Gasteiger partial charge is 0.196 e. The lowest BCUT2D eigenvalue weighted by Gasteiger charge is -2.38. The number of hydrogen-bond acceptors (Lipinski definition) is 4. The van der Waals surface area contributed by atoms with Crippen LogP contribution in [0.3, 0.4) is 0 Å². The Morgan fingerprint density at radius 3 is 2.82 bits per heavy atom. The second kappa shape index (κ2) is 4.92. The molecule has 1 unspecified atom stereocenters. The summed E-state index contributed by atoms with van der Waals surface area (Å²) in [6.45, 7) is 6.69. The fourth-order valence-electron chi connectivity index (χ4n) is 2.27. The van der Waals surface area contributed by atoms with Crippen molar-refractivity contribution in [1.29, 1.82) is 0 Å². The monoisotopic (exact) mass is 236 g/mol. The molecule has 4 nitrogen and oxygen atoms in total. The Labute approximate surface area is 102 Å². The fraction of sp³-hybridized carbons (Fsp3) is 0.615. The number of likely N-dealkylation sites (N-methyl/N-ethyl adjacent to an activating group) is 1. The van der Waals surface area contributed by atoms with E-state index in [1.165, 1.54) is 6.92 Å². The summed E-state index contributed by atoms with van der Waals surface area (Å²) in [6, 6.07) is 4.22. The molecule has 1 aliphatic rings. The maximum absolute atomic E-state index is 11.2. The van der Waals surface area contributed by atoms with Crippen molar-refractivity contribution in [2.45, 2.75) is 26.3 Å². The largest absolute Gasteiger partial charge is 0.437 e. The summed E-state index contributed by atoms with van der Waals surface area (Å²) >= 11 is 0. The van der Waals surface area contributed by atoms with Gasteiger partial charge in [-0.25, -0.2) is 0 Å². The van der Waals surface area contributed by atoms with Crippen molar-refractivity contribution in [1.82, 2.24) is 4.90 Å². The third-order valence-electron chi connectivity index (χ3n) is 3.50. The predicted octanol–water partition coefficient (Wildman–Crippen LogP) is 2.01. The number of carbonyl (C=O) groups excluding carboxylic acids is 1. The molecule has 17 heavy (non-hydrogen) atoms. The van der Waals surface area contributed by atoms with Gasteiger partial charge >= 0.3 is 0 Å². The standard InChI is InChI=1S/C13H20N2O2/c1-4-11-9-15(8-7-14(11)3)13-6-5-12(17-13)10(2)16/h5-6,11H,4,7-9H2,1-3H3. The molecular formula is C13H20N2O2. The molecule has 0 N–H and O–H groups in total. The van der Waals surface area contributed by atoms with E-state index in [0.717, 1.165) is 31.9 Å². The number of Topliss-reactive ketones (excluding diaryl/α,β-unsaturated/α-hetero) is 1. The molecular weight excluding hydrogens is 216 g/mol. The molecule has 1 aliphatic heterocycles. The van der Waals surface area contributed by atoms with Crippen LogP contribution in [0, 0.1) is 0 Å². The Balaban J connectivity index is 2.09. The van der Waals surface area contributed by atoms with Gasteiger partial charge in [-0.2, -0.15) is 0 Å². The van der Waals surface area contributed by atoms with E-state index in [1.54, 1.807) is 6.07 Å². The van der Waals surface area contributed by atoms with Gasteiger partial charge in [-0.05, 0) is 19.5 Å². The lowest BCUT2D eigenvalue weighted by molar-refractivity contribution is 0.0987. The molecule has 94 valence electrons. The van der Waals surface area contributed by atoms with E-state index in [-0.39, 0.29) is 5.78 Å². The zero-order valence-electron chi connectivity index (χ0n) is 10.8. The molecule has 0 amide bonds. The Morgan fingerprint density at radius 1 is 1.47 bits per heavy atom. The van der Waals surface area contributed by atoms with Gasteiger partial charge in [0.1, 0.15) is 0 Å². The highest BCUT2D eigenvalue weighted by atomic mass is 16.4. The first-order valence-corrected chi connectivity index (χ1v) is 6.17.